The third kappa shape index (κ3) is 6.55. The molecule has 5 nitrogen and oxygen atoms in total. The second-order valence-corrected chi connectivity index (χ2v) is 11.4. The molecule has 3 aromatic rings. The Balaban J connectivity index is 1.39. The van der Waals surface area contributed by atoms with Gasteiger partial charge in [0.15, 0.2) is 9.84 Å². The van der Waals surface area contributed by atoms with E-state index in [9.17, 15) is 17.9 Å². The maximum absolute atomic E-state index is 14.0. The molecular weight excluding hydrogens is 463 g/mol. The summed E-state index contributed by atoms with van der Waals surface area (Å²) in [5.41, 5.74) is 1.16. The first-order valence-corrected chi connectivity index (χ1v) is 13.9. The fourth-order valence-corrected chi connectivity index (χ4v) is 5.37. The van der Waals surface area contributed by atoms with E-state index in [0.29, 0.717) is 23.4 Å². The third-order valence-electron chi connectivity index (χ3n) is 6.78. The van der Waals surface area contributed by atoms with Gasteiger partial charge in [-0.3, -0.25) is 4.90 Å². The van der Waals surface area contributed by atoms with Crippen molar-refractivity contribution >= 4 is 9.84 Å². The van der Waals surface area contributed by atoms with Gasteiger partial charge in [-0.15, -0.1) is 0 Å². The Morgan fingerprint density at radius 2 is 1.51 bits per heavy atom. The first-order valence-electron chi connectivity index (χ1n) is 12.0. The topological polar surface area (TPSA) is 60.9 Å². The van der Waals surface area contributed by atoms with Crippen LogP contribution in [0.25, 0.3) is 0 Å². The highest BCUT2D eigenvalue weighted by Crippen LogP contribution is 2.33. The monoisotopic (exact) mass is 496 g/mol. The van der Waals surface area contributed by atoms with Crippen LogP contribution in [0.15, 0.2) is 83.8 Å². The molecule has 1 atom stereocenters. The molecule has 1 saturated heterocycles. The molecule has 0 saturated carbocycles. The molecule has 0 aliphatic carbocycles. The van der Waals surface area contributed by atoms with E-state index in [1.54, 1.807) is 24.3 Å². The Labute approximate surface area is 207 Å². The van der Waals surface area contributed by atoms with E-state index in [2.05, 4.69) is 9.80 Å². The van der Waals surface area contributed by atoms with Gasteiger partial charge < -0.3 is 10.0 Å². The van der Waals surface area contributed by atoms with Crippen molar-refractivity contribution in [2.45, 2.75) is 29.9 Å². The molecule has 1 aliphatic rings. The number of benzene rings is 3. The Morgan fingerprint density at radius 3 is 2.20 bits per heavy atom. The molecule has 4 rings (SSSR count). The molecule has 1 heterocycles. The van der Waals surface area contributed by atoms with E-state index in [1.807, 2.05) is 42.5 Å². The van der Waals surface area contributed by atoms with E-state index in [1.165, 1.54) is 18.4 Å². The number of rotatable bonds is 8. The first-order chi connectivity index (χ1) is 16.7. The van der Waals surface area contributed by atoms with E-state index in [4.69, 9.17) is 0 Å². The summed E-state index contributed by atoms with van der Waals surface area (Å²) in [5.74, 6) is -0.355. The fourth-order valence-electron chi connectivity index (χ4n) is 4.74. The third-order valence-corrected chi connectivity index (χ3v) is 7.91. The van der Waals surface area contributed by atoms with Gasteiger partial charge in [0.05, 0.1) is 4.90 Å². The van der Waals surface area contributed by atoms with Crippen LogP contribution in [-0.2, 0) is 22.0 Å². The minimum absolute atomic E-state index is 0.340. The largest absolute Gasteiger partial charge is 0.380 e. The van der Waals surface area contributed by atoms with Crippen molar-refractivity contribution in [3.05, 3.63) is 101 Å². The summed E-state index contributed by atoms with van der Waals surface area (Å²) < 4.78 is 37.4. The molecule has 0 aromatic heterocycles. The zero-order chi connectivity index (χ0) is 24.9. The minimum atomic E-state index is -3.19. The molecular formula is C28H33FN2O3S. The lowest BCUT2D eigenvalue weighted by Crippen LogP contribution is -2.36. The van der Waals surface area contributed by atoms with E-state index >= 15 is 0 Å². The zero-order valence-corrected chi connectivity index (χ0v) is 20.9. The quantitative estimate of drug-likeness (QED) is 0.510. The van der Waals surface area contributed by atoms with Gasteiger partial charge in [0, 0.05) is 32.4 Å². The van der Waals surface area contributed by atoms with Crippen molar-refractivity contribution in [1.82, 2.24) is 9.80 Å². The number of aliphatic hydroxyl groups is 1. The molecule has 0 radical (unpaired) electrons. The molecule has 3 aromatic carbocycles. The number of halogens is 1. The Hall–Kier alpha value is -2.58. The summed E-state index contributed by atoms with van der Waals surface area (Å²) in [6.45, 7) is 5.11. The highest BCUT2D eigenvalue weighted by atomic mass is 32.2. The van der Waals surface area contributed by atoms with Crippen LogP contribution in [0, 0.1) is 5.82 Å². The number of nitrogens with zero attached hydrogens (tertiary/aromatic N) is 2. The maximum atomic E-state index is 14.0. The molecule has 35 heavy (non-hydrogen) atoms. The average Bonchev–Trinajstić information content (AvgIpc) is 3.08. The Bertz CT molecular complexity index is 1220. The molecule has 1 unspecified atom stereocenters. The van der Waals surface area contributed by atoms with Crippen molar-refractivity contribution < 1.29 is 17.9 Å². The zero-order valence-electron chi connectivity index (χ0n) is 20.1. The molecule has 7 heteroatoms. The van der Waals surface area contributed by atoms with Crippen LogP contribution < -0.4 is 0 Å². The SMILES string of the molecule is CS(=O)(=O)c1ccc(CN2CCCN(CCC(O)(c3ccccc3)c3cccc(F)c3)CC2)cc1. The predicted octanol–water partition coefficient (Wildman–Crippen LogP) is 4.06. The molecule has 186 valence electrons. The van der Waals surface area contributed by atoms with E-state index in [0.717, 1.165) is 50.3 Å². The van der Waals surface area contributed by atoms with Crippen LogP contribution in [0.2, 0.25) is 0 Å². The normalized spacial score (nSPS) is 17.6. The summed E-state index contributed by atoms with van der Waals surface area (Å²) in [4.78, 5) is 5.08. The summed E-state index contributed by atoms with van der Waals surface area (Å²) >= 11 is 0. The summed E-state index contributed by atoms with van der Waals surface area (Å²) in [6.07, 6.45) is 2.69. The van der Waals surface area contributed by atoms with Crippen molar-refractivity contribution in [2.75, 3.05) is 39.0 Å². The van der Waals surface area contributed by atoms with Crippen molar-refractivity contribution in [1.29, 1.82) is 0 Å². The van der Waals surface area contributed by atoms with Gasteiger partial charge in [-0.25, -0.2) is 12.8 Å². The van der Waals surface area contributed by atoms with Gasteiger partial charge in [-0.1, -0.05) is 54.6 Å². The Morgan fingerprint density at radius 1 is 0.857 bits per heavy atom. The van der Waals surface area contributed by atoms with Crippen LogP contribution in [-0.4, -0.2) is 62.3 Å². The van der Waals surface area contributed by atoms with Crippen LogP contribution in [0.4, 0.5) is 4.39 Å². The first kappa shape index (κ1) is 25.5. The van der Waals surface area contributed by atoms with Gasteiger partial charge in [-0.2, -0.15) is 0 Å². The minimum Gasteiger partial charge on any atom is -0.380 e. The van der Waals surface area contributed by atoms with E-state index in [-0.39, 0.29) is 5.82 Å². The lowest BCUT2D eigenvalue weighted by Gasteiger charge is -2.32. The van der Waals surface area contributed by atoms with Crippen molar-refractivity contribution in [3.8, 4) is 0 Å². The van der Waals surface area contributed by atoms with Gasteiger partial charge >= 0.3 is 0 Å². The molecule has 0 bridgehead atoms. The van der Waals surface area contributed by atoms with Crippen LogP contribution in [0.3, 0.4) is 0 Å². The number of hydrogen-bond donors (Lipinski definition) is 1. The van der Waals surface area contributed by atoms with Gasteiger partial charge in [0.1, 0.15) is 11.4 Å². The fraction of sp³-hybridized carbons (Fsp3) is 0.357. The second kappa shape index (κ2) is 11.0. The van der Waals surface area contributed by atoms with Gasteiger partial charge in [-0.05, 0) is 66.9 Å². The summed E-state index contributed by atoms with van der Waals surface area (Å²) in [7, 11) is -3.19. The standard InChI is InChI=1S/C28H33FN2O3S/c1-35(33,34)27-13-11-23(12-14-27)22-31-17-6-16-30(19-20-31)18-15-28(32,24-7-3-2-4-8-24)25-9-5-10-26(29)21-25/h2-5,7-14,21,32H,6,15-20,22H2,1H3. The summed E-state index contributed by atoms with van der Waals surface area (Å²) in [5, 5.41) is 11.8. The smallest absolute Gasteiger partial charge is 0.175 e. The summed E-state index contributed by atoms with van der Waals surface area (Å²) in [6, 6.07) is 22.9. The average molecular weight is 497 g/mol. The number of sulfone groups is 1. The van der Waals surface area contributed by atoms with Crippen LogP contribution in [0.1, 0.15) is 29.5 Å². The molecule has 0 spiro atoms. The van der Waals surface area contributed by atoms with Crippen molar-refractivity contribution in [3.63, 3.8) is 0 Å². The van der Waals surface area contributed by atoms with Crippen LogP contribution >= 0.6 is 0 Å². The van der Waals surface area contributed by atoms with E-state index < -0.39 is 15.4 Å². The highest BCUT2D eigenvalue weighted by molar-refractivity contribution is 7.90. The number of hydrogen-bond acceptors (Lipinski definition) is 5. The Kier molecular flexibility index (Phi) is 8.02. The maximum Gasteiger partial charge on any atom is 0.175 e. The lowest BCUT2D eigenvalue weighted by atomic mass is 9.83. The lowest BCUT2D eigenvalue weighted by molar-refractivity contribution is 0.0574. The molecule has 1 fully saturated rings. The molecule has 1 aliphatic heterocycles. The van der Waals surface area contributed by atoms with Gasteiger partial charge in [0.25, 0.3) is 0 Å². The van der Waals surface area contributed by atoms with Crippen molar-refractivity contribution in [2.24, 2.45) is 0 Å². The van der Waals surface area contributed by atoms with Crippen LogP contribution in [0.5, 0.6) is 0 Å². The van der Waals surface area contributed by atoms with Gasteiger partial charge in [0.2, 0.25) is 0 Å². The molecule has 1 N–H and O–H groups in total. The second-order valence-electron chi connectivity index (χ2n) is 9.37. The molecule has 0 amide bonds. The predicted molar refractivity (Wildman–Crippen MR) is 136 cm³/mol. The highest BCUT2D eigenvalue weighted by Gasteiger charge is 2.32.